The smallest absolute Gasteiger partial charge is 0.246 e. The van der Waals surface area contributed by atoms with Gasteiger partial charge in [0.1, 0.15) is 10.7 Å². The van der Waals surface area contributed by atoms with Gasteiger partial charge in [-0.25, -0.2) is 26.0 Å². The van der Waals surface area contributed by atoms with E-state index in [9.17, 15) is 36.2 Å². The third kappa shape index (κ3) is 5.00. The molecule has 11 heteroatoms. The van der Waals surface area contributed by atoms with Gasteiger partial charge < -0.3 is 15.5 Å². The second kappa shape index (κ2) is 9.11. The van der Waals surface area contributed by atoms with Crippen molar-refractivity contribution in [1.29, 1.82) is 0 Å². The van der Waals surface area contributed by atoms with Gasteiger partial charge in [0.25, 0.3) is 0 Å². The average molecular weight is 462 g/mol. The molecule has 0 aromatic heterocycles. The minimum atomic E-state index is -4.36. The lowest BCUT2D eigenvalue weighted by atomic mass is 10.1. The van der Waals surface area contributed by atoms with Crippen LogP contribution in [0, 0.1) is 23.3 Å². The Hall–Kier alpha value is -2.21. The fourth-order valence-electron chi connectivity index (χ4n) is 3.50. The third-order valence-electron chi connectivity index (χ3n) is 5.19. The zero-order chi connectivity index (χ0) is 22.9. The van der Waals surface area contributed by atoms with E-state index in [0.29, 0.717) is 31.4 Å². The van der Waals surface area contributed by atoms with Crippen molar-refractivity contribution in [3.63, 3.8) is 0 Å². The molecule has 6 nitrogen and oxygen atoms in total. The van der Waals surface area contributed by atoms with Crippen LogP contribution in [0.4, 0.5) is 23.2 Å². The molecule has 0 spiro atoms. The number of rotatable bonds is 5. The molecular formula is C20H22F4N2O4S. The highest BCUT2D eigenvalue weighted by Crippen LogP contribution is 2.29. The standard InChI is InChI=1S/C20H22F4N2O4S/c1-11-3-2-4-14(27)10-26(11)31(29,30)18-7-12(5-6-15(18)21)20(28)25-13-8-16(22)19(24)17(23)9-13/h5-9,11,14,20,25,27-28H,2-4,10H2,1H3. The molecule has 3 rings (SSSR count). The van der Waals surface area contributed by atoms with Crippen LogP contribution in [-0.4, -0.2) is 41.6 Å². The SMILES string of the molecule is CC1CCCC(O)CN1S(=O)(=O)c1cc(C(O)Nc2cc(F)c(F)c(F)c2)ccc1F. The molecule has 170 valence electrons. The van der Waals surface area contributed by atoms with Gasteiger partial charge in [-0.2, -0.15) is 4.31 Å². The van der Waals surface area contributed by atoms with Crippen LogP contribution in [0.15, 0.2) is 35.2 Å². The van der Waals surface area contributed by atoms with Crippen LogP contribution >= 0.6 is 0 Å². The Morgan fingerprint density at radius 2 is 1.71 bits per heavy atom. The van der Waals surface area contributed by atoms with Crippen LogP contribution in [0.25, 0.3) is 0 Å². The van der Waals surface area contributed by atoms with E-state index in [1.54, 1.807) is 6.92 Å². The fourth-order valence-corrected chi connectivity index (χ4v) is 5.30. The quantitative estimate of drug-likeness (QED) is 0.361. The Kier molecular flexibility index (Phi) is 6.89. The fraction of sp³-hybridized carbons (Fsp3) is 0.400. The largest absolute Gasteiger partial charge is 0.392 e. The van der Waals surface area contributed by atoms with Gasteiger partial charge >= 0.3 is 0 Å². The van der Waals surface area contributed by atoms with E-state index in [2.05, 4.69) is 5.32 Å². The molecule has 3 unspecified atom stereocenters. The summed E-state index contributed by atoms with van der Waals surface area (Å²) in [6.45, 7) is 1.47. The molecule has 1 heterocycles. The van der Waals surface area contributed by atoms with Crippen molar-refractivity contribution < 1.29 is 36.2 Å². The van der Waals surface area contributed by atoms with E-state index in [1.807, 2.05) is 0 Å². The van der Waals surface area contributed by atoms with Gasteiger partial charge in [0, 0.05) is 36.0 Å². The summed E-state index contributed by atoms with van der Waals surface area (Å²) in [5.74, 6) is -5.69. The van der Waals surface area contributed by atoms with Crippen LogP contribution in [0.5, 0.6) is 0 Å². The predicted molar refractivity (Wildman–Crippen MR) is 105 cm³/mol. The zero-order valence-corrected chi connectivity index (χ0v) is 17.3. The lowest BCUT2D eigenvalue weighted by Gasteiger charge is -2.28. The average Bonchev–Trinajstić information content (AvgIpc) is 2.87. The van der Waals surface area contributed by atoms with Crippen LogP contribution in [-0.2, 0) is 10.0 Å². The van der Waals surface area contributed by atoms with Crippen molar-refractivity contribution in [3.8, 4) is 0 Å². The highest BCUT2D eigenvalue weighted by molar-refractivity contribution is 7.89. The third-order valence-corrected chi connectivity index (χ3v) is 7.18. The Morgan fingerprint density at radius 1 is 1.06 bits per heavy atom. The second-order valence-electron chi connectivity index (χ2n) is 7.50. The van der Waals surface area contributed by atoms with Crippen LogP contribution < -0.4 is 5.32 Å². The molecule has 2 aromatic carbocycles. The Labute approximate surface area is 177 Å². The van der Waals surface area contributed by atoms with Crippen molar-refractivity contribution in [1.82, 2.24) is 4.31 Å². The van der Waals surface area contributed by atoms with E-state index >= 15 is 0 Å². The lowest BCUT2D eigenvalue weighted by molar-refractivity contribution is 0.142. The van der Waals surface area contributed by atoms with E-state index in [1.165, 1.54) is 0 Å². The predicted octanol–water partition coefficient (Wildman–Crippen LogP) is 3.27. The summed E-state index contributed by atoms with van der Waals surface area (Å²) in [6.07, 6.45) is -1.03. The summed E-state index contributed by atoms with van der Waals surface area (Å²) in [6, 6.07) is 3.61. The Balaban J connectivity index is 1.92. The second-order valence-corrected chi connectivity index (χ2v) is 9.36. The molecule has 2 aromatic rings. The number of aliphatic hydroxyl groups excluding tert-OH is 2. The molecule has 1 aliphatic rings. The molecule has 0 aliphatic carbocycles. The van der Waals surface area contributed by atoms with Gasteiger partial charge in [0.2, 0.25) is 10.0 Å². The molecular weight excluding hydrogens is 440 g/mol. The molecule has 31 heavy (non-hydrogen) atoms. The number of nitrogens with one attached hydrogen (secondary N) is 1. The molecule has 1 fully saturated rings. The van der Waals surface area contributed by atoms with E-state index < -0.39 is 56.6 Å². The van der Waals surface area contributed by atoms with Crippen molar-refractivity contribution in [2.45, 2.75) is 49.5 Å². The number of aliphatic hydroxyl groups is 2. The number of anilines is 1. The number of β-amino-alcohol motifs (C(OH)–C–C–N with tert-alkyl or cyclic N) is 1. The zero-order valence-electron chi connectivity index (χ0n) is 16.5. The van der Waals surface area contributed by atoms with Crippen molar-refractivity contribution in [3.05, 3.63) is 59.2 Å². The number of hydrogen-bond donors (Lipinski definition) is 3. The summed E-state index contributed by atoms with van der Waals surface area (Å²) in [5.41, 5.74) is -0.407. The number of sulfonamides is 1. The summed E-state index contributed by atoms with van der Waals surface area (Å²) in [4.78, 5) is -0.705. The molecule has 0 amide bonds. The first kappa shape index (κ1) is 23.5. The maximum atomic E-state index is 14.5. The van der Waals surface area contributed by atoms with Crippen LogP contribution in [0.3, 0.4) is 0 Å². The molecule has 0 saturated carbocycles. The highest BCUT2D eigenvalue weighted by Gasteiger charge is 2.35. The van der Waals surface area contributed by atoms with E-state index in [-0.39, 0.29) is 17.8 Å². The molecule has 0 bridgehead atoms. The number of hydrogen-bond acceptors (Lipinski definition) is 5. The first-order valence-electron chi connectivity index (χ1n) is 9.59. The first-order valence-corrected chi connectivity index (χ1v) is 11.0. The number of nitrogens with zero attached hydrogens (tertiary/aromatic N) is 1. The Morgan fingerprint density at radius 3 is 2.35 bits per heavy atom. The van der Waals surface area contributed by atoms with Crippen molar-refractivity contribution in [2.24, 2.45) is 0 Å². The van der Waals surface area contributed by atoms with Gasteiger partial charge in [0.05, 0.1) is 6.10 Å². The first-order chi connectivity index (χ1) is 14.5. The highest BCUT2D eigenvalue weighted by atomic mass is 32.2. The lowest BCUT2D eigenvalue weighted by Crippen LogP contribution is -2.41. The minimum absolute atomic E-state index is 0.104. The van der Waals surface area contributed by atoms with E-state index in [0.717, 1.165) is 22.5 Å². The van der Waals surface area contributed by atoms with Gasteiger partial charge in [-0.05, 0) is 38.3 Å². The van der Waals surface area contributed by atoms with E-state index in [4.69, 9.17) is 0 Å². The summed E-state index contributed by atoms with van der Waals surface area (Å²) in [7, 11) is -4.36. The molecule has 0 radical (unpaired) electrons. The van der Waals surface area contributed by atoms with Crippen molar-refractivity contribution in [2.75, 3.05) is 11.9 Å². The van der Waals surface area contributed by atoms with Gasteiger partial charge in [-0.15, -0.1) is 0 Å². The monoisotopic (exact) mass is 462 g/mol. The van der Waals surface area contributed by atoms with Gasteiger partial charge in [-0.3, -0.25) is 0 Å². The number of halogens is 4. The maximum Gasteiger partial charge on any atom is 0.246 e. The molecule has 3 atom stereocenters. The summed E-state index contributed by atoms with van der Waals surface area (Å²) < 4.78 is 81.6. The normalized spacial score (nSPS) is 21.5. The summed E-state index contributed by atoms with van der Waals surface area (Å²) >= 11 is 0. The van der Waals surface area contributed by atoms with Crippen LogP contribution in [0.1, 0.15) is 38.0 Å². The van der Waals surface area contributed by atoms with Crippen molar-refractivity contribution >= 4 is 15.7 Å². The molecule has 1 saturated heterocycles. The van der Waals surface area contributed by atoms with Gasteiger partial charge in [0.15, 0.2) is 23.7 Å². The minimum Gasteiger partial charge on any atom is -0.392 e. The Bertz CT molecular complexity index is 1040. The maximum absolute atomic E-state index is 14.5. The molecule has 3 N–H and O–H groups in total. The van der Waals surface area contributed by atoms with Crippen LogP contribution in [0.2, 0.25) is 0 Å². The number of benzene rings is 2. The summed E-state index contributed by atoms with van der Waals surface area (Å²) in [5, 5.41) is 22.6. The van der Waals surface area contributed by atoms with Gasteiger partial charge in [-0.1, -0.05) is 6.07 Å². The molecule has 1 aliphatic heterocycles. The topological polar surface area (TPSA) is 89.9 Å².